The van der Waals surface area contributed by atoms with E-state index in [1.165, 1.54) is 12.8 Å². The van der Waals surface area contributed by atoms with E-state index in [1.807, 2.05) is 0 Å². The third-order valence-electron chi connectivity index (χ3n) is 3.49. The van der Waals surface area contributed by atoms with E-state index in [9.17, 15) is 4.79 Å². The van der Waals surface area contributed by atoms with Gasteiger partial charge in [-0.1, -0.05) is 26.7 Å². The second kappa shape index (κ2) is 6.11. The van der Waals surface area contributed by atoms with Crippen molar-refractivity contribution >= 4 is 5.91 Å². The van der Waals surface area contributed by atoms with Gasteiger partial charge in [0.25, 0.3) is 0 Å². The zero-order chi connectivity index (χ0) is 11.3. The first-order valence-electron chi connectivity index (χ1n) is 6.19. The van der Waals surface area contributed by atoms with Gasteiger partial charge in [0.05, 0.1) is 6.04 Å². The zero-order valence-electron chi connectivity index (χ0n) is 10.2. The lowest BCUT2D eigenvalue weighted by molar-refractivity contribution is -0.124. The Bertz CT molecular complexity index is 200. The summed E-state index contributed by atoms with van der Waals surface area (Å²) in [6, 6.07) is 0.330. The molecule has 0 aromatic rings. The highest BCUT2D eigenvalue weighted by molar-refractivity contribution is 5.82. The smallest absolute Gasteiger partial charge is 0.237 e. The van der Waals surface area contributed by atoms with Crippen LogP contribution in [0.2, 0.25) is 0 Å². The van der Waals surface area contributed by atoms with Crippen molar-refractivity contribution < 1.29 is 4.79 Å². The van der Waals surface area contributed by atoms with Crippen LogP contribution in [-0.4, -0.2) is 24.5 Å². The Hall–Kier alpha value is -0.570. The van der Waals surface area contributed by atoms with E-state index in [0.717, 1.165) is 19.4 Å². The molecular weight excluding hydrogens is 188 g/mol. The Morgan fingerprint density at radius 2 is 2.20 bits per heavy atom. The summed E-state index contributed by atoms with van der Waals surface area (Å²) in [5.74, 6) is 0.736. The molecule has 15 heavy (non-hydrogen) atoms. The van der Waals surface area contributed by atoms with Gasteiger partial charge in [-0.3, -0.25) is 4.79 Å². The van der Waals surface area contributed by atoms with Crippen LogP contribution in [0.4, 0.5) is 0 Å². The summed E-state index contributed by atoms with van der Waals surface area (Å²) in [6.07, 6.45) is 4.46. The number of hydrogen-bond acceptors (Lipinski definition) is 2. The van der Waals surface area contributed by atoms with Crippen LogP contribution in [-0.2, 0) is 4.79 Å². The number of piperidine rings is 1. The van der Waals surface area contributed by atoms with E-state index in [1.54, 1.807) is 0 Å². The normalized spacial score (nSPS) is 25.7. The molecule has 1 fully saturated rings. The third kappa shape index (κ3) is 3.82. The van der Waals surface area contributed by atoms with Gasteiger partial charge in [-0.05, 0) is 32.2 Å². The summed E-state index contributed by atoms with van der Waals surface area (Å²) in [5.41, 5.74) is 0. The lowest BCUT2D eigenvalue weighted by Crippen LogP contribution is -2.50. The van der Waals surface area contributed by atoms with Crippen molar-refractivity contribution in [1.29, 1.82) is 0 Å². The van der Waals surface area contributed by atoms with Gasteiger partial charge in [0.15, 0.2) is 0 Å². The molecule has 1 aliphatic heterocycles. The second-order valence-electron chi connectivity index (χ2n) is 4.69. The van der Waals surface area contributed by atoms with Crippen LogP contribution in [0.3, 0.4) is 0 Å². The number of nitrogens with one attached hydrogen (secondary N) is 2. The van der Waals surface area contributed by atoms with Crippen LogP contribution in [0, 0.1) is 5.92 Å². The second-order valence-corrected chi connectivity index (χ2v) is 4.69. The van der Waals surface area contributed by atoms with Gasteiger partial charge in [-0.2, -0.15) is 0 Å². The molecule has 1 aliphatic rings. The Morgan fingerprint density at radius 1 is 1.47 bits per heavy atom. The van der Waals surface area contributed by atoms with Crippen LogP contribution >= 0.6 is 0 Å². The lowest BCUT2D eigenvalue weighted by atomic mass is 9.99. The van der Waals surface area contributed by atoms with E-state index in [4.69, 9.17) is 0 Å². The molecular formula is C12H24N2O. The molecule has 2 N–H and O–H groups in total. The van der Waals surface area contributed by atoms with Crippen LogP contribution in [0.5, 0.6) is 0 Å². The number of carbonyl (C=O) groups is 1. The monoisotopic (exact) mass is 212 g/mol. The first kappa shape index (κ1) is 12.5. The first-order chi connectivity index (χ1) is 7.15. The molecule has 3 nitrogen and oxygen atoms in total. The molecule has 0 saturated carbocycles. The van der Waals surface area contributed by atoms with Gasteiger partial charge in [-0.25, -0.2) is 0 Å². The van der Waals surface area contributed by atoms with Gasteiger partial charge in [0.1, 0.15) is 0 Å². The summed E-state index contributed by atoms with van der Waals surface area (Å²) in [7, 11) is 0. The maximum absolute atomic E-state index is 11.9. The Balaban J connectivity index is 2.33. The molecule has 1 rings (SSSR count). The molecule has 0 radical (unpaired) electrons. The largest absolute Gasteiger partial charge is 0.352 e. The predicted octanol–water partition coefficient (Wildman–Crippen LogP) is 1.68. The van der Waals surface area contributed by atoms with E-state index in [0.29, 0.717) is 5.92 Å². The Kier molecular flexibility index (Phi) is 5.09. The van der Waals surface area contributed by atoms with E-state index in [-0.39, 0.29) is 18.0 Å². The van der Waals surface area contributed by atoms with Crippen molar-refractivity contribution in [3.8, 4) is 0 Å². The molecule has 3 unspecified atom stereocenters. The predicted molar refractivity (Wildman–Crippen MR) is 62.7 cm³/mol. The van der Waals surface area contributed by atoms with E-state index >= 15 is 0 Å². The van der Waals surface area contributed by atoms with Gasteiger partial charge < -0.3 is 10.6 Å². The Morgan fingerprint density at radius 3 is 2.73 bits per heavy atom. The molecule has 88 valence electrons. The SMILES string of the molecule is CCC(C)C(C)NC(=O)C1CCCCN1. The molecule has 1 amide bonds. The molecule has 0 aliphatic carbocycles. The fourth-order valence-corrected chi connectivity index (χ4v) is 1.90. The minimum Gasteiger partial charge on any atom is -0.352 e. The van der Waals surface area contributed by atoms with Crippen molar-refractivity contribution in [2.75, 3.05) is 6.54 Å². The lowest BCUT2D eigenvalue weighted by Gasteiger charge is -2.26. The van der Waals surface area contributed by atoms with Gasteiger partial charge >= 0.3 is 0 Å². The molecule has 1 heterocycles. The van der Waals surface area contributed by atoms with Crippen molar-refractivity contribution in [3.63, 3.8) is 0 Å². The Labute approximate surface area is 93.0 Å². The maximum atomic E-state index is 11.9. The molecule has 0 spiro atoms. The summed E-state index contributed by atoms with van der Waals surface area (Å²) in [4.78, 5) is 11.9. The average molecular weight is 212 g/mol. The molecule has 0 bridgehead atoms. The summed E-state index contributed by atoms with van der Waals surface area (Å²) in [6.45, 7) is 7.41. The molecule has 1 saturated heterocycles. The highest BCUT2D eigenvalue weighted by Crippen LogP contribution is 2.10. The molecule has 3 atom stereocenters. The van der Waals surface area contributed by atoms with Crippen molar-refractivity contribution in [1.82, 2.24) is 10.6 Å². The fourth-order valence-electron chi connectivity index (χ4n) is 1.90. The van der Waals surface area contributed by atoms with Gasteiger partial charge in [0, 0.05) is 6.04 Å². The average Bonchev–Trinajstić information content (AvgIpc) is 2.29. The summed E-state index contributed by atoms with van der Waals surface area (Å²) < 4.78 is 0. The zero-order valence-corrected chi connectivity index (χ0v) is 10.2. The molecule has 3 heteroatoms. The first-order valence-corrected chi connectivity index (χ1v) is 6.19. The summed E-state index contributed by atoms with van der Waals surface area (Å²) in [5, 5.41) is 6.37. The number of amides is 1. The quantitative estimate of drug-likeness (QED) is 0.744. The van der Waals surface area contributed by atoms with Crippen molar-refractivity contribution in [3.05, 3.63) is 0 Å². The topological polar surface area (TPSA) is 41.1 Å². The minimum atomic E-state index is 0.0465. The van der Waals surface area contributed by atoms with E-state index in [2.05, 4.69) is 31.4 Å². The number of carbonyl (C=O) groups excluding carboxylic acids is 1. The van der Waals surface area contributed by atoms with Crippen LogP contribution in [0.25, 0.3) is 0 Å². The third-order valence-corrected chi connectivity index (χ3v) is 3.49. The molecule has 0 aromatic heterocycles. The minimum absolute atomic E-state index is 0.0465. The van der Waals surface area contributed by atoms with Crippen molar-refractivity contribution in [2.45, 2.75) is 58.5 Å². The standard InChI is InChI=1S/C12H24N2O/c1-4-9(2)10(3)14-12(15)11-7-5-6-8-13-11/h9-11,13H,4-8H2,1-3H3,(H,14,15). The van der Waals surface area contributed by atoms with E-state index < -0.39 is 0 Å². The number of hydrogen-bond donors (Lipinski definition) is 2. The summed E-state index contributed by atoms with van der Waals surface area (Å²) >= 11 is 0. The van der Waals surface area contributed by atoms with Crippen LogP contribution in [0.1, 0.15) is 46.5 Å². The van der Waals surface area contributed by atoms with Gasteiger partial charge in [0.2, 0.25) is 5.91 Å². The fraction of sp³-hybridized carbons (Fsp3) is 0.917. The van der Waals surface area contributed by atoms with Gasteiger partial charge in [-0.15, -0.1) is 0 Å². The highest BCUT2D eigenvalue weighted by Gasteiger charge is 2.22. The maximum Gasteiger partial charge on any atom is 0.237 e. The van der Waals surface area contributed by atoms with Crippen LogP contribution in [0.15, 0.2) is 0 Å². The number of rotatable bonds is 4. The molecule has 0 aromatic carbocycles. The van der Waals surface area contributed by atoms with Crippen LogP contribution < -0.4 is 10.6 Å². The highest BCUT2D eigenvalue weighted by atomic mass is 16.2. The van der Waals surface area contributed by atoms with Crippen molar-refractivity contribution in [2.24, 2.45) is 5.92 Å².